The summed E-state index contributed by atoms with van der Waals surface area (Å²) in [5.41, 5.74) is 3.48. The first-order valence-electron chi connectivity index (χ1n) is 6.03. The van der Waals surface area contributed by atoms with Gasteiger partial charge in [-0.25, -0.2) is 9.37 Å². The van der Waals surface area contributed by atoms with Crippen LogP contribution in [0.2, 0.25) is 0 Å². The van der Waals surface area contributed by atoms with E-state index in [0.717, 1.165) is 26.5 Å². The molecular formula is C15H13FN2S. The molecule has 0 bridgehead atoms. The van der Waals surface area contributed by atoms with Crippen LogP contribution in [0.3, 0.4) is 0 Å². The predicted octanol–water partition coefficient (Wildman–Crippen LogP) is 4.80. The molecule has 3 rings (SSSR count). The fourth-order valence-corrected chi connectivity index (χ4v) is 2.99. The maximum Gasteiger partial charge on any atom is 0.188 e. The summed E-state index contributed by atoms with van der Waals surface area (Å²) >= 11 is 1.53. The summed E-state index contributed by atoms with van der Waals surface area (Å²) in [6, 6.07) is 11.1. The predicted molar refractivity (Wildman–Crippen MR) is 78.8 cm³/mol. The van der Waals surface area contributed by atoms with E-state index < -0.39 is 0 Å². The van der Waals surface area contributed by atoms with Crippen molar-refractivity contribution in [2.45, 2.75) is 13.8 Å². The van der Waals surface area contributed by atoms with Crippen molar-refractivity contribution in [1.82, 2.24) is 4.98 Å². The Morgan fingerprint density at radius 2 is 1.79 bits per heavy atom. The summed E-state index contributed by atoms with van der Waals surface area (Å²) in [4.78, 5) is 4.53. The zero-order chi connectivity index (χ0) is 13.4. The molecule has 0 aliphatic carbocycles. The minimum absolute atomic E-state index is 0.254. The van der Waals surface area contributed by atoms with E-state index in [9.17, 15) is 4.39 Å². The summed E-state index contributed by atoms with van der Waals surface area (Å²) in [5, 5.41) is 3.81. The number of hydrogen-bond acceptors (Lipinski definition) is 3. The third kappa shape index (κ3) is 2.19. The monoisotopic (exact) mass is 272 g/mol. The maximum atomic E-state index is 13.8. The molecule has 96 valence electrons. The summed E-state index contributed by atoms with van der Waals surface area (Å²) in [6.07, 6.45) is 0. The third-order valence-electron chi connectivity index (χ3n) is 3.07. The standard InChI is InChI=1S/C15H13FN2S/c1-9-5-3-7-11(16)13(9)17-15-18-14-10(2)6-4-8-12(14)19-15/h3-8H,1-2H3,(H,17,18). The molecule has 0 aliphatic heterocycles. The fraction of sp³-hybridized carbons (Fsp3) is 0.133. The Kier molecular flexibility index (Phi) is 2.95. The number of benzene rings is 2. The van der Waals surface area contributed by atoms with Crippen molar-refractivity contribution in [2.24, 2.45) is 0 Å². The second-order valence-electron chi connectivity index (χ2n) is 4.50. The number of fused-ring (bicyclic) bond motifs is 1. The normalized spacial score (nSPS) is 10.9. The van der Waals surface area contributed by atoms with E-state index in [1.54, 1.807) is 6.07 Å². The van der Waals surface area contributed by atoms with Crippen molar-refractivity contribution in [3.8, 4) is 0 Å². The molecule has 2 nitrogen and oxygen atoms in total. The highest BCUT2D eigenvalue weighted by atomic mass is 32.1. The van der Waals surface area contributed by atoms with Gasteiger partial charge in [-0.05, 0) is 37.1 Å². The van der Waals surface area contributed by atoms with E-state index in [-0.39, 0.29) is 5.82 Å². The number of thiazole rings is 1. The molecule has 0 saturated carbocycles. The Bertz CT molecular complexity index is 729. The van der Waals surface area contributed by atoms with E-state index in [1.165, 1.54) is 17.4 Å². The number of hydrogen-bond donors (Lipinski definition) is 1. The Hall–Kier alpha value is -1.94. The van der Waals surface area contributed by atoms with Crippen LogP contribution in [0.1, 0.15) is 11.1 Å². The average molecular weight is 272 g/mol. The molecule has 0 amide bonds. The molecule has 0 radical (unpaired) electrons. The van der Waals surface area contributed by atoms with Crippen LogP contribution in [0.5, 0.6) is 0 Å². The number of rotatable bonds is 2. The maximum absolute atomic E-state index is 13.8. The highest BCUT2D eigenvalue weighted by Crippen LogP contribution is 2.31. The third-order valence-corrected chi connectivity index (χ3v) is 4.01. The second-order valence-corrected chi connectivity index (χ2v) is 5.53. The minimum atomic E-state index is -0.254. The second kappa shape index (κ2) is 4.63. The van der Waals surface area contributed by atoms with Crippen molar-refractivity contribution in [2.75, 3.05) is 5.32 Å². The number of para-hydroxylation sites is 2. The fourth-order valence-electron chi connectivity index (χ4n) is 2.04. The molecule has 0 fully saturated rings. The van der Waals surface area contributed by atoms with Crippen molar-refractivity contribution >= 4 is 32.4 Å². The Balaban J connectivity index is 2.04. The topological polar surface area (TPSA) is 24.9 Å². The van der Waals surface area contributed by atoms with Gasteiger partial charge in [0.1, 0.15) is 5.82 Å². The summed E-state index contributed by atoms with van der Waals surface area (Å²) in [6.45, 7) is 3.91. The summed E-state index contributed by atoms with van der Waals surface area (Å²) in [5.74, 6) is -0.254. The van der Waals surface area contributed by atoms with Gasteiger partial charge < -0.3 is 5.32 Å². The van der Waals surface area contributed by atoms with E-state index >= 15 is 0 Å². The zero-order valence-corrected chi connectivity index (χ0v) is 11.5. The van der Waals surface area contributed by atoms with Gasteiger partial charge in [0, 0.05) is 0 Å². The van der Waals surface area contributed by atoms with E-state index in [0.29, 0.717) is 5.69 Å². The molecule has 0 aliphatic rings. The lowest BCUT2D eigenvalue weighted by atomic mass is 10.2. The molecule has 2 aromatic carbocycles. The Morgan fingerprint density at radius 1 is 1.05 bits per heavy atom. The molecule has 19 heavy (non-hydrogen) atoms. The van der Waals surface area contributed by atoms with Gasteiger partial charge in [-0.1, -0.05) is 35.6 Å². The van der Waals surface area contributed by atoms with Crippen LogP contribution < -0.4 is 5.32 Å². The molecule has 3 aromatic rings. The van der Waals surface area contributed by atoms with E-state index in [2.05, 4.69) is 10.3 Å². The molecule has 0 atom stereocenters. The molecule has 0 spiro atoms. The van der Waals surface area contributed by atoms with Crippen LogP contribution in [0.4, 0.5) is 15.2 Å². The molecular weight excluding hydrogens is 259 g/mol. The van der Waals surface area contributed by atoms with Gasteiger partial charge in [-0.2, -0.15) is 0 Å². The van der Waals surface area contributed by atoms with Gasteiger partial charge in [0.25, 0.3) is 0 Å². The first-order chi connectivity index (χ1) is 9.15. The molecule has 1 heterocycles. The van der Waals surface area contributed by atoms with Crippen LogP contribution in [0.15, 0.2) is 36.4 Å². The van der Waals surface area contributed by atoms with E-state index in [1.807, 2.05) is 38.1 Å². The Labute approximate surface area is 114 Å². The lowest BCUT2D eigenvalue weighted by Gasteiger charge is -2.07. The number of nitrogens with one attached hydrogen (secondary N) is 1. The van der Waals surface area contributed by atoms with Crippen LogP contribution in [0.25, 0.3) is 10.2 Å². The number of halogens is 1. The number of nitrogens with zero attached hydrogens (tertiary/aromatic N) is 1. The number of aryl methyl sites for hydroxylation is 2. The van der Waals surface area contributed by atoms with Gasteiger partial charge >= 0.3 is 0 Å². The van der Waals surface area contributed by atoms with Crippen molar-refractivity contribution in [3.63, 3.8) is 0 Å². The van der Waals surface area contributed by atoms with Crippen molar-refractivity contribution < 1.29 is 4.39 Å². The van der Waals surface area contributed by atoms with Crippen LogP contribution in [-0.2, 0) is 0 Å². The van der Waals surface area contributed by atoms with Crippen LogP contribution in [-0.4, -0.2) is 4.98 Å². The lowest BCUT2D eigenvalue weighted by Crippen LogP contribution is -1.95. The molecule has 0 unspecified atom stereocenters. The quantitative estimate of drug-likeness (QED) is 0.725. The van der Waals surface area contributed by atoms with Crippen LogP contribution >= 0.6 is 11.3 Å². The first kappa shape index (κ1) is 12.1. The largest absolute Gasteiger partial charge is 0.329 e. The zero-order valence-electron chi connectivity index (χ0n) is 10.7. The highest BCUT2D eigenvalue weighted by Gasteiger charge is 2.09. The van der Waals surface area contributed by atoms with Crippen LogP contribution in [0, 0.1) is 19.7 Å². The van der Waals surface area contributed by atoms with Crippen molar-refractivity contribution in [3.05, 3.63) is 53.3 Å². The van der Waals surface area contributed by atoms with Crippen molar-refractivity contribution in [1.29, 1.82) is 0 Å². The molecule has 4 heteroatoms. The number of aromatic nitrogens is 1. The average Bonchev–Trinajstić information content (AvgIpc) is 2.78. The molecule has 1 aromatic heterocycles. The van der Waals surface area contributed by atoms with Gasteiger partial charge in [-0.15, -0.1) is 0 Å². The van der Waals surface area contributed by atoms with E-state index in [4.69, 9.17) is 0 Å². The SMILES string of the molecule is Cc1cccc(F)c1Nc1nc2c(C)cccc2s1. The van der Waals surface area contributed by atoms with Gasteiger partial charge in [0.15, 0.2) is 5.13 Å². The van der Waals surface area contributed by atoms with Gasteiger partial charge in [-0.3, -0.25) is 0 Å². The molecule has 1 N–H and O–H groups in total. The summed E-state index contributed by atoms with van der Waals surface area (Å²) in [7, 11) is 0. The lowest BCUT2D eigenvalue weighted by molar-refractivity contribution is 0.631. The minimum Gasteiger partial charge on any atom is -0.329 e. The smallest absolute Gasteiger partial charge is 0.188 e. The van der Waals surface area contributed by atoms with Gasteiger partial charge in [0.05, 0.1) is 15.9 Å². The molecule has 0 saturated heterocycles. The van der Waals surface area contributed by atoms with Gasteiger partial charge in [0.2, 0.25) is 0 Å². The first-order valence-corrected chi connectivity index (χ1v) is 6.85. The number of anilines is 2. The summed E-state index contributed by atoms with van der Waals surface area (Å²) < 4.78 is 14.9. The Morgan fingerprint density at radius 3 is 2.53 bits per heavy atom. The highest BCUT2D eigenvalue weighted by molar-refractivity contribution is 7.22.